The predicted octanol–water partition coefficient (Wildman–Crippen LogP) is 2.22. The Kier molecular flexibility index (Phi) is 5.39. The van der Waals surface area contributed by atoms with Crippen LogP contribution in [0.5, 0.6) is 0 Å². The molecule has 1 aromatic rings. The molecule has 0 aliphatic carbocycles. The number of hydrogen-bond donors (Lipinski definition) is 0. The lowest BCUT2D eigenvalue weighted by Crippen LogP contribution is -2.20. The first-order valence-electron chi connectivity index (χ1n) is 5.58. The van der Waals surface area contributed by atoms with Crippen molar-refractivity contribution in [1.29, 1.82) is 0 Å². The first kappa shape index (κ1) is 15.8. The smallest absolute Gasteiger partial charge is 0.324 e. The summed E-state index contributed by atoms with van der Waals surface area (Å²) in [5, 5.41) is 20.4. The fourth-order valence-corrected chi connectivity index (χ4v) is 1.75. The average Bonchev–Trinajstić information content (AvgIpc) is 2.38. The van der Waals surface area contributed by atoms with E-state index in [9.17, 15) is 25.0 Å². The van der Waals surface area contributed by atoms with Crippen LogP contribution in [0, 0.1) is 20.2 Å². The highest BCUT2D eigenvalue weighted by atomic mass is 35.5. The van der Waals surface area contributed by atoms with E-state index < -0.39 is 32.6 Å². The molecule has 1 rings (SSSR count). The Morgan fingerprint density at radius 3 is 2.15 bits per heavy atom. The minimum Gasteiger partial charge on any atom is -0.465 e. The summed E-state index contributed by atoms with van der Waals surface area (Å²) < 4.78 is 4.69. The maximum Gasteiger partial charge on any atom is 0.324 e. The second-order valence-electron chi connectivity index (χ2n) is 3.80. The highest BCUT2D eigenvalue weighted by molar-refractivity contribution is 6.30. The molecule has 9 heteroatoms. The molecule has 108 valence electrons. The van der Waals surface area contributed by atoms with Crippen LogP contribution in [-0.2, 0) is 16.0 Å². The van der Waals surface area contributed by atoms with Gasteiger partial charge in [0.15, 0.2) is 0 Å². The van der Waals surface area contributed by atoms with Crippen LogP contribution in [0.15, 0.2) is 18.2 Å². The van der Waals surface area contributed by atoms with E-state index in [1.54, 1.807) is 6.92 Å². The fraction of sp³-hybridized carbons (Fsp3) is 0.364. The van der Waals surface area contributed by atoms with Crippen molar-refractivity contribution < 1.29 is 19.4 Å². The van der Waals surface area contributed by atoms with Gasteiger partial charge in [0.2, 0.25) is 0 Å². The molecule has 20 heavy (non-hydrogen) atoms. The molecule has 0 aliphatic heterocycles. The quantitative estimate of drug-likeness (QED) is 0.344. The molecule has 1 atom stereocenters. The lowest BCUT2D eigenvalue weighted by atomic mass is 10.1. The lowest BCUT2D eigenvalue weighted by Gasteiger charge is -2.08. The van der Waals surface area contributed by atoms with Crippen molar-refractivity contribution in [2.75, 3.05) is 6.61 Å². The molecule has 0 amide bonds. The summed E-state index contributed by atoms with van der Waals surface area (Å²) in [5.41, 5.74) is -0.636. The molecule has 0 spiro atoms. The molecule has 0 aliphatic rings. The Bertz CT molecular complexity index is 515. The number of rotatable bonds is 6. The number of hydrogen-bond acceptors (Lipinski definition) is 6. The molecule has 0 bridgehead atoms. The molecule has 0 radical (unpaired) electrons. The van der Waals surface area contributed by atoms with Crippen LogP contribution >= 0.6 is 11.6 Å². The molecule has 0 saturated carbocycles. The topological polar surface area (TPSA) is 113 Å². The standard InChI is InChI=1S/C11H11ClN2O6/c1-2-20-11(15)10(12)5-7-3-8(13(16)17)6-9(4-7)14(18)19/h3-4,6,10H,2,5H2,1H3. The zero-order valence-corrected chi connectivity index (χ0v) is 11.2. The van der Waals surface area contributed by atoms with Crippen molar-refractivity contribution in [2.24, 2.45) is 0 Å². The van der Waals surface area contributed by atoms with Gasteiger partial charge in [0.1, 0.15) is 5.38 Å². The molecule has 0 N–H and O–H groups in total. The summed E-state index contributed by atoms with van der Waals surface area (Å²) in [6.07, 6.45) is -0.0943. The van der Waals surface area contributed by atoms with Gasteiger partial charge in [-0.2, -0.15) is 0 Å². The van der Waals surface area contributed by atoms with Gasteiger partial charge in [0, 0.05) is 12.1 Å². The number of esters is 1. The van der Waals surface area contributed by atoms with Gasteiger partial charge in [-0.1, -0.05) is 0 Å². The molecule has 8 nitrogen and oxygen atoms in total. The largest absolute Gasteiger partial charge is 0.465 e. The molecule has 1 aromatic carbocycles. The monoisotopic (exact) mass is 302 g/mol. The van der Waals surface area contributed by atoms with E-state index in [-0.39, 0.29) is 18.6 Å². The number of carbonyl (C=O) groups excluding carboxylic acids is 1. The first-order valence-corrected chi connectivity index (χ1v) is 6.02. The minimum atomic E-state index is -1.06. The lowest BCUT2D eigenvalue weighted by molar-refractivity contribution is -0.394. The van der Waals surface area contributed by atoms with E-state index in [0.717, 1.165) is 18.2 Å². The molecule has 1 unspecified atom stereocenters. The van der Waals surface area contributed by atoms with E-state index in [4.69, 9.17) is 16.3 Å². The number of nitro groups is 2. The Morgan fingerprint density at radius 2 is 1.75 bits per heavy atom. The summed E-state index contributed by atoms with van der Waals surface area (Å²) >= 11 is 5.79. The maximum atomic E-state index is 11.4. The highest BCUT2D eigenvalue weighted by Crippen LogP contribution is 2.24. The van der Waals surface area contributed by atoms with Gasteiger partial charge < -0.3 is 4.74 Å². The molecular weight excluding hydrogens is 292 g/mol. The van der Waals surface area contributed by atoms with Crippen LogP contribution in [0.2, 0.25) is 0 Å². The number of alkyl halides is 1. The maximum absolute atomic E-state index is 11.4. The van der Waals surface area contributed by atoms with Gasteiger partial charge in [0.25, 0.3) is 11.4 Å². The van der Waals surface area contributed by atoms with Crippen molar-refractivity contribution in [2.45, 2.75) is 18.7 Å². The van der Waals surface area contributed by atoms with Crippen molar-refractivity contribution in [3.8, 4) is 0 Å². The third kappa shape index (κ3) is 4.16. The van der Waals surface area contributed by atoms with Gasteiger partial charge in [-0.3, -0.25) is 25.0 Å². The van der Waals surface area contributed by atoms with Crippen molar-refractivity contribution >= 4 is 28.9 Å². The molecular formula is C11H11ClN2O6. The molecule has 0 heterocycles. The van der Waals surface area contributed by atoms with Crippen molar-refractivity contribution in [3.63, 3.8) is 0 Å². The van der Waals surface area contributed by atoms with E-state index in [1.165, 1.54) is 0 Å². The van der Waals surface area contributed by atoms with Crippen LogP contribution in [0.25, 0.3) is 0 Å². The third-order valence-corrected chi connectivity index (χ3v) is 2.67. The second-order valence-corrected chi connectivity index (χ2v) is 4.32. The van der Waals surface area contributed by atoms with Crippen LogP contribution in [-0.4, -0.2) is 27.8 Å². The van der Waals surface area contributed by atoms with Gasteiger partial charge in [-0.05, 0) is 18.9 Å². The fourth-order valence-electron chi connectivity index (χ4n) is 1.51. The number of carbonyl (C=O) groups is 1. The predicted molar refractivity (Wildman–Crippen MR) is 69.7 cm³/mol. The van der Waals surface area contributed by atoms with E-state index in [0.29, 0.717) is 0 Å². The van der Waals surface area contributed by atoms with Gasteiger partial charge >= 0.3 is 5.97 Å². The van der Waals surface area contributed by atoms with Gasteiger partial charge in [0.05, 0.1) is 22.5 Å². The normalized spacial score (nSPS) is 11.7. The number of benzene rings is 1. The minimum absolute atomic E-state index is 0.0943. The Morgan fingerprint density at radius 1 is 1.25 bits per heavy atom. The van der Waals surface area contributed by atoms with Crippen LogP contribution in [0.4, 0.5) is 11.4 Å². The first-order chi connectivity index (χ1) is 9.35. The molecule has 0 fully saturated rings. The summed E-state index contributed by atoms with van der Waals surface area (Å²) in [4.78, 5) is 31.3. The van der Waals surface area contributed by atoms with Gasteiger partial charge in [-0.25, -0.2) is 0 Å². The van der Waals surface area contributed by atoms with E-state index in [2.05, 4.69) is 0 Å². The van der Waals surface area contributed by atoms with Crippen molar-refractivity contribution in [1.82, 2.24) is 0 Å². The van der Waals surface area contributed by atoms with E-state index in [1.807, 2.05) is 0 Å². The van der Waals surface area contributed by atoms with E-state index >= 15 is 0 Å². The second kappa shape index (κ2) is 6.80. The number of nitro benzene ring substituents is 2. The van der Waals surface area contributed by atoms with Crippen LogP contribution in [0.3, 0.4) is 0 Å². The van der Waals surface area contributed by atoms with Crippen LogP contribution in [0.1, 0.15) is 12.5 Å². The Hall–Kier alpha value is -2.22. The summed E-state index contributed by atoms with van der Waals surface area (Å²) in [6, 6.07) is 3.13. The van der Waals surface area contributed by atoms with Crippen LogP contribution < -0.4 is 0 Å². The average molecular weight is 303 g/mol. The number of halogens is 1. The molecule has 0 aromatic heterocycles. The highest BCUT2D eigenvalue weighted by Gasteiger charge is 2.21. The molecule has 0 saturated heterocycles. The Balaban J connectivity index is 3.02. The third-order valence-electron chi connectivity index (χ3n) is 2.34. The summed E-state index contributed by atoms with van der Waals surface area (Å²) in [6.45, 7) is 1.76. The summed E-state index contributed by atoms with van der Waals surface area (Å²) in [5.74, 6) is -0.677. The zero-order valence-electron chi connectivity index (χ0n) is 10.4. The number of ether oxygens (including phenoxy) is 1. The SMILES string of the molecule is CCOC(=O)C(Cl)Cc1cc([N+](=O)[O-])cc([N+](=O)[O-])c1. The number of non-ortho nitro benzene ring substituents is 2. The van der Waals surface area contributed by atoms with Gasteiger partial charge in [-0.15, -0.1) is 11.6 Å². The summed E-state index contributed by atoms with van der Waals surface area (Å²) in [7, 11) is 0. The van der Waals surface area contributed by atoms with Crippen molar-refractivity contribution in [3.05, 3.63) is 44.0 Å². The Labute approximate surface area is 118 Å². The number of nitrogens with zero attached hydrogens (tertiary/aromatic N) is 2. The zero-order chi connectivity index (χ0) is 15.3.